The quantitative estimate of drug-likeness (QED) is 0.682. The number of anilines is 1. The number of carbonyl (C=O) groups is 1. The first kappa shape index (κ1) is 24.9. The first-order valence-electron chi connectivity index (χ1n) is 11.1. The molecular formula is C25H34N2O5S. The number of hydrogen-bond acceptors (Lipinski definition) is 5. The molecule has 2 atom stereocenters. The summed E-state index contributed by atoms with van der Waals surface area (Å²) in [6.07, 6.45) is 0.863. The summed E-state index contributed by atoms with van der Waals surface area (Å²) in [5, 5.41) is 3.03. The number of methoxy groups -OCH3 is 1. The number of rotatable bonds is 6. The van der Waals surface area contributed by atoms with Crippen molar-refractivity contribution < 1.29 is 22.7 Å². The van der Waals surface area contributed by atoms with E-state index < -0.39 is 16.1 Å². The van der Waals surface area contributed by atoms with Gasteiger partial charge < -0.3 is 14.8 Å². The van der Waals surface area contributed by atoms with Crippen LogP contribution < -0.4 is 19.1 Å². The summed E-state index contributed by atoms with van der Waals surface area (Å²) < 4.78 is 37.8. The fourth-order valence-corrected chi connectivity index (χ4v) is 4.88. The van der Waals surface area contributed by atoms with Crippen LogP contribution in [0.5, 0.6) is 11.5 Å². The molecule has 0 aliphatic carbocycles. The van der Waals surface area contributed by atoms with Gasteiger partial charge in [0.2, 0.25) is 10.0 Å². The molecule has 0 unspecified atom stereocenters. The van der Waals surface area contributed by atoms with Crippen LogP contribution in [0.25, 0.3) is 0 Å². The number of amides is 1. The maximum Gasteiger partial charge on any atom is 0.263 e. The van der Waals surface area contributed by atoms with E-state index in [1.165, 1.54) is 4.31 Å². The highest BCUT2D eigenvalue weighted by molar-refractivity contribution is 7.92. The van der Waals surface area contributed by atoms with E-state index >= 15 is 0 Å². The zero-order chi connectivity index (χ0) is 24.6. The minimum atomic E-state index is -3.61. The van der Waals surface area contributed by atoms with Crippen LogP contribution in [0.1, 0.15) is 56.8 Å². The molecule has 1 amide bonds. The van der Waals surface area contributed by atoms with E-state index in [2.05, 4.69) is 26.1 Å². The average molecular weight is 475 g/mol. The van der Waals surface area contributed by atoms with Crippen molar-refractivity contribution in [3.05, 3.63) is 53.1 Å². The average Bonchev–Trinajstić information content (AvgIpc) is 2.74. The van der Waals surface area contributed by atoms with Gasteiger partial charge in [-0.3, -0.25) is 9.10 Å². The Morgan fingerprint density at radius 3 is 2.48 bits per heavy atom. The minimum Gasteiger partial charge on any atom is -0.496 e. The Hall–Kier alpha value is -2.74. The molecule has 0 fully saturated rings. The normalized spacial score (nSPS) is 17.1. The van der Waals surface area contributed by atoms with Gasteiger partial charge in [0.05, 0.1) is 31.6 Å². The summed E-state index contributed by atoms with van der Waals surface area (Å²) in [5.74, 6) is 0.813. The van der Waals surface area contributed by atoms with Crippen LogP contribution in [0.3, 0.4) is 0 Å². The molecule has 0 bridgehead atoms. The summed E-state index contributed by atoms with van der Waals surface area (Å²) in [6, 6.07) is 11.0. The number of nitrogens with zero attached hydrogens (tertiary/aromatic N) is 1. The summed E-state index contributed by atoms with van der Waals surface area (Å²) in [5.41, 5.74) is 3.23. The van der Waals surface area contributed by atoms with Crippen molar-refractivity contribution in [3.8, 4) is 11.5 Å². The topological polar surface area (TPSA) is 84.9 Å². The summed E-state index contributed by atoms with van der Waals surface area (Å²) in [4.78, 5) is 13.2. The number of ether oxygens (including phenoxy) is 2. The lowest BCUT2D eigenvalue weighted by Crippen LogP contribution is -2.51. The lowest BCUT2D eigenvalue weighted by molar-refractivity contribution is -0.128. The van der Waals surface area contributed by atoms with Crippen molar-refractivity contribution in [1.29, 1.82) is 0 Å². The van der Waals surface area contributed by atoms with Crippen LogP contribution in [0.15, 0.2) is 36.4 Å². The first-order chi connectivity index (χ1) is 15.3. The molecule has 0 saturated heterocycles. The van der Waals surface area contributed by atoms with Crippen molar-refractivity contribution in [3.63, 3.8) is 0 Å². The minimum absolute atomic E-state index is 0.0800. The number of aryl methyl sites for hydroxylation is 1. The van der Waals surface area contributed by atoms with Gasteiger partial charge in [-0.2, -0.15) is 0 Å². The first-order valence-corrected chi connectivity index (χ1v) is 12.9. The van der Waals surface area contributed by atoms with Crippen molar-refractivity contribution in [1.82, 2.24) is 5.32 Å². The molecule has 180 valence electrons. The second-order valence-corrected chi connectivity index (χ2v) is 11.4. The van der Waals surface area contributed by atoms with E-state index in [1.54, 1.807) is 13.2 Å². The number of nitrogens with one attached hydrogen (secondary N) is 1. The van der Waals surface area contributed by atoms with E-state index in [0.29, 0.717) is 17.9 Å². The molecule has 0 saturated carbocycles. The third kappa shape index (κ3) is 5.43. The molecule has 0 aromatic heterocycles. The Morgan fingerprint density at radius 1 is 1.24 bits per heavy atom. The SMILES string of the molecule is CC[C@H](NC(=O)[C@@H]1CN(S(C)(=O)=O)c2cc(C(C)(C)C)ccc2O1)c1ccc(OC)c(C)c1. The smallest absolute Gasteiger partial charge is 0.263 e. The number of carbonyl (C=O) groups excluding carboxylic acids is 1. The second kappa shape index (κ2) is 9.25. The Bertz CT molecular complexity index is 1140. The monoisotopic (exact) mass is 474 g/mol. The van der Waals surface area contributed by atoms with Crippen LogP contribution in [-0.4, -0.2) is 40.3 Å². The number of fused-ring (bicyclic) bond motifs is 1. The predicted molar refractivity (Wildman–Crippen MR) is 131 cm³/mol. The van der Waals surface area contributed by atoms with Crippen molar-refractivity contribution in [2.75, 3.05) is 24.2 Å². The highest BCUT2D eigenvalue weighted by Crippen LogP contribution is 2.38. The maximum atomic E-state index is 13.2. The van der Waals surface area contributed by atoms with Gasteiger partial charge in [0.1, 0.15) is 11.5 Å². The van der Waals surface area contributed by atoms with Crippen LogP contribution >= 0.6 is 0 Å². The van der Waals surface area contributed by atoms with Crippen LogP contribution in [0.4, 0.5) is 5.69 Å². The molecule has 0 spiro atoms. The lowest BCUT2D eigenvalue weighted by atomic mass is 9.86. The highest BCUT2D eigenvalue weighted by atomic mass is 32.2. The Labute approximate surface area is 197 Å². The van der Waals surface area contributed by atoms with E-state index in [9.17, 15) is 13.2 Å². The Kier molecular flexibility index (Phi) is 6.98. The van der Waals surface area contributed by atoms with Gasteiger partial charge >= 0.3 is 0 Å². The molecule has 33 heavy (non-hydrogen) atoms. The van der Waals surface area contributed by atoms with Crippen molar-refractivity contribution in [2.24, 2.45) is 0 Å². The number of benzene rings is 2. The molecule has 7 nitrogen and oxygen atoms in total. The fraction of sp³-hybridized carbons (Fsp3) is 0.480. The fourth-order valence-electron chi connectivity index (χ4n) is 3.97. The van der Waals surface area contributed by atoms with Crippen LogP contribution in [0, 0.1) is 6.92 Å². The molecule has 2 aromatic carbocycles. The molecule has 1 aliphatic rings. The largest absolute Gasteiger partial charge is 0.496 e. The van der Waals surface area contributed by atoms with Gasteiger partial charge in [-0.1, -0.05) is 45.9 Å². The molecule has 1 heterocycles. The second-order valence-electron chi connectivity index (χ2n) is 9.53. The van der Waals surface area contributed by atoms with Gasteiger partial charge in [0, 0.05) is 0 Å². The Balaban J connectivity index is 1.88. The van der Waals surface area contributed by atoms with Gasteiger partial charge in [-0.25, -0.2) is 8.42 Å². The van der Waals surface area contributed by atoms with Crippen LogP contribution in [-0.2, 0) is 20.2 Å². The Morgan fingerprint density at radius 2 is 1.94 bits per heavy atom. The number of sulfonamides is 1. The standard InChI is InChI=1S/C25H34N2O5S/c1-8-19(17-9-11-21(31-6)16(2)13-17)26-24(28)23-15-27(33(7,29)30)20-14-18(25(3,4)5)10-12-22(20)32-23/h9-14,19,23H,8,15H2,1-7H3,(H,26,28)/t19-,23-/m0/s1. The molecule has 1 aliphatic heterocycles. The highest BCUT2D eigenvalue weighted by Gasteiger charge is 2.36. The maximum absolute atomic E-state index is 13.2. The molecule has 8 heteroatoms. The van der Waals surface area contributed by atoms with Crippen LogP contribution in [0.2, 0.25) is 0 Å². The number of hydrogen-bond donors (Lipinski definition) is 1. The zero-order valence-electron chi connectivity index (χ0n) is 20.4. The molecule has 3 rings (SSSR count). The zero-order valence-corrected chi connectivity index (χ0v) is 21.2. The van der Waals surface area contributed by atoms with Gasteiger partial charge in [-0.15, -0.1) is 0 Å². The van der Waals surface area contributed by atoms with Gasteiger partial charge in [-0.05, 0) is 53.6 Å². The van der Waals surface area contributed by atoms with Crippen molar-refractivity contribution in [2.45, 2.75) is 58.6 Å². The summed E-state index contributed by atoms with van der Waals surface area (Å²) >= 11 is 0. The van der Waals surface area contributed by atoms with Gasteiger partial charge in [0.15, 0.2) is 6.10 Å². The summed E-state index contributed by atoms with van der Waals surface area (Å²) in [7, 11) is -1.99. The van der Waals surface area contributed by atoms with E-state index in [-0.39, 0.29) is 23.9 Å². The van der Waals surface area contributed by atoms with Crippen molar-refractivity contribution >= 4 is 21.6 Å². The molecular weight excluding hydrogens is 440 g/mol. The molecule has 0 radical (unpaired) electrons. The molecule has 1 N–H and O–H groups in total. The lowest BCUT2D eigenvalue weighted by Gasteiger charge is -2.35. The predicted octanol–water partition coefficient (Wildman–Crippen LogP) is 4.10. The van der Waals surface area contributed by atoms with E-state index in [1.807, 2.05) is 44.2 Å². The third-order valence-electron chi connectivity index (χ3n) is 5.93. The molecule has 2 aromatic rings. The van der Waals surface area contributed by atoms with E-state index in [4.69, 9.17) is 9.47 Å². The van der Waals surface area contributed by atoms with E-state index in [0.717, 1.165) is 28.7 Å². The van der Waals surface area contributed by atoms with Gasteiger partial charge in [0.25, 0.3) is 5.91 Å². The summed E-state index contributed by atoms with van der Waals surface area (Å²) in [6.45, 7) is 10.0. The third-order valence-corrected chi connectivity index (χ3v) is 7.08.